The van der Waals surface area contributed by atoms with Crippen LogP contribution in [0, 0.1) is 18.6 Å². The molecule has 0 saturated carbocycles. The van der Waals surface area contributed by atoms with Gasteiger partial charge in [-0.1, -0.05) is 6.07 Å². The first-order chi connectivity index (χ1) is 15.6. The molecule has 0 saturated heterocycles. The number of rotatable bonds is 2. The van der Waals surface area contributed by atoms with Gasteiger partial charge in [0.25, 0.3) is 11.8 Å². The summed E-state index contributed by atoms with van der Waals surface area (Å²) in [6, 6.07) is 6.57. The molecule has 1 aliphatic heterocycles. The Morgan fingerprint density at radius 1 is 0.909 bits per heavy atom. The molecule has 33 heavy (non-hydrogen) atoms. The zero-order valence-electron chi connectivity index (χ0n) is 16.6. The molecular formula is C22H11F5N4O2. The van der Waals surface area contributed by atoms with Crippen LogP contribution in [0.15, 0.2) is 48.7 Å². The van der Waals surface area contributed by atoms with Crippen LogP contribution in [-0.2, 0) is 6.18 Å². The van der Waals surface area contributed by atoms with Crippen LogP contribution in [0.4, 0.5) is 27.6 Å². The van der Waals surface area contributed by atoms with E-state index < -0.39 is 35.2 Å². The van der Waals surface area contributed by atoms with Crippen molar-refractivity contribution in [2.75, 3.05) is 4.90 Å². The average molecular weight is 458 g/mol. The maximum atomic E-state index is 13.7. The molecule has 0 atom stereocenters. The van der Waals surface area contributed by atoms with E-state index in [2.05, 4.69) is 10.1 Å². The number of imide groups is 1. The maximum absolute atomic E-state index is 13.7. The van der Waals surface area contributed by atoms with E-state index in [1.807, 2.05) is 0 Å². The van der Waals surface area contributed by atoms with Gasteiger partial charge in [0.15, 0.2) is 5.65 Å². The highest BCUT2D eigenvalue weighted by Crippen LogP contribution is 2.37. The third-order valence-electron chi connectivity index (χ3n) is 5.25. The molecular weight excluding hydrogens is 447 g/mol. The fraction of sp³-hybridized carbons (Fsp3) is 0.0909. The number of anilines is 1. The molecule has 11 heteroatoms. The van der Waals surface area contributed by atoms with Crippen LogP contribution in [0.25, 0.3) is 16.7 Å². The standard InChI is InChI=1S/C22H11F5N4O2/c1-10-17-18-16(9-28-19(17)31(29-10)15-7-12(23)6-13(24)8-15)20(32)30(21(18)33)14-4-2-3-11(5-14)22(25,26)27/h2-9H,1H3. The summed E-state index contributed by atoms with van der Waals surface area (Å²) in [4.78, 5) is 31.0. The van der Waals surface area contributed by atoms with Crippen molar-refractivity contribution in [3.8, 4) is 5.69 Å². The fourth-order valence-electron chi connectivity index (χ4n) is 3.86. The fourth-order valence-corrected chi connectivity index (χ4v) is 3.86. The second-order valence-corrected chi connectivity index (χ2v) is 7.36. The molecule has 4 aromatic rings. The molecule has 166 valence electrons. The van der Waals surface area contributed by atoms with Crippen molar-refractivity contribution in [3.05, 3.63) is 82.7 Å². The number of carbonyl (C=O) groups is 2. The number of aryl methyl sites for hydroxylation is 1. The van der Waals surface area contributed by atoms with Gasteiger partial charge in [-0.05, 0) is 37.3 Å². The van der Waals surface area contributed by atoms with E-state index in [0.29, 0.717) is 17.0 Å². The number of nitrogens with zero attached hydrogens (tertiary/aromatic N) is 4. The molecule has 6 nitrogen and oxygen atoms in total. The minimum Gasteiger partial charge on any atom is -0.268 e. The summed E-state index contributed by atoms with van der Waals surface area (Å²) in [5.41, 5.74) is -1.17. The van der Waals surface area contributed by atoms with Gasteiger partial charge in [-0.15, -0.1) is 0 Å². The van der Waals surface area contributed by atoms with Gasteiger partial charge in [0.1, 0.15) is 11.6 Å². The Balaban J connectivity index is 1.68. The minimum atomic E-state index is -4.67. The van der Waals surface area contributed by atoms with E-state index in [9.17, 15) is 31.5 Å². The van der Waals surface area contributed by atoms with Crippen LogP contribution in [0.3, 0.4) is 0 Å². The van der Waals surface area contributed by atoms with E-state index in [1.54, 1.807) is 0 Å². The molecule has 0 unspecified atom stereocenters. The summed E-state index contributed by atoms with van der Waals surface area (Å²) in [5.74, 6) is -3.40. The first-order valence-corrected chi connectivity index (χ1v) is 9.47. The molecule has 0 bridgehead atoms. The molecule has 2 aromatic heterocycles. The minimum absolute atomic E-state index is 0.00422. The lowest BCUT2D eigenvalue weighted by Crippen LogP contribution is -2.29. The van der Waals surface area contributed by atoms with Crippen LogP contribution in [0.5, 0.6) is 0 Å². The SMILES string of the molecule is Cc1nn(-c2cc(F)cc(F)c2)c2ncc3c(c12)C(=O)N(c1cccc(C(F)(F)F)c1)C3=O. The highest BCUT2D eigenvalue weighted by atomic mass is 19.4. The van der Waals surface area contributed by atoms with Gasteiger partial charge in [0.2, 0.25) is 0 Å². The second kappa shape index (κ2) is 6.92. The van der Waals surface area contributed by atoms with Crippen LogP contribution >= 0.6 is 0 Å². The Labute approximate surface area is 181 Å². The van der Waals surface area contributed by atoms with Crippen LogP contribution in [0.1, 0.15) is 32.0 Å². The number of benzene rings is 2. The molecule has 0 radical (unpaired) electrons. The first kappa shape index (κ1) is 20.7. The Morgan fingerprint density at radius 2 is 1.61 bits per heavy atom. The number of pyridine rings is 1. The van der Waals surface area contributed by atoms with Crippen LogP contribution in [0.2, 0.25) is 0 Å². The molecule has 3 heterocycles. The van der Waals surface area contributed by atoms with Crippen molar-refractivity contribution >= 4 is 28.5 Å². The van der Waals surface area contributed by atoms with Crippen molar-refractivity contribution in [1.82, 2.24) is 14.8 Å². The average Bonchev–Trinajstić information content (AvgIpc) is 3.21. The first-order valence-electron chi connectivity index (χ1n) is 9.47. The monoisotopic (exact) mass is 458 g/mol. The number of halogens is 5. The normalized spacial score (nSPS) is 13.8. The van der Waals surface area contributed by atoms with Gasteiger partial charge < -0.3 is 0 Å². The highest BCUT2D eigenvalue weighted by Gasteiger charge is 2.41. The molecule has 1 aliphatic rings. The zero-order valence-corrected chi connectivity index (χ0v) is 16.6. The zero-order chi connectivity index (χ0) is 23.7. The van der Waals surface area contributed by atoms with Gasteiger partial charge in [-0.2, -0.15) is 18.3 Å². The van der Waals surface area contributed by atoms with Crippen molar-refractivity contribution < 1.29 is 31.5 Å². The lowest BCUT2D eigenvalue weighted by Gasteiger charge is -2.16. The van der Waals surface area contributed by atoms with E-state index in [-0.39, 0.29) is 39.2 Å². The molecule has 2 amide bonds. The van der Waals surface area contributed by atoms with Gasteiger partial charge >= 0.3 is 6.18 Å². The largest absolute Gasteiger partial charge is 0.416 e. The Hall–Kier alpha value is -4.15. The van der Waals surface area contributed by atoms with Crippen molar-refractivity contribution in [2.24, 2.45) is 0 Å². The van der Waals surface area contributed by atoms with E-state index in [0.717, 1.165) is 35.1 Å². The molecule has 0 aliphatic carbocycles. The number of carbonyl (C=O) groups excluding carboxylic acids is 2. The van der Waals surface area contributed by atoms with E-state index in [4.69, 9.17) is 0 Å². The molecule has 5 rings (SSSR count). The Kier molecular flexibility index (Phi) is 4.35. The van der Waals surface area contributed by atoms with Crippen molar-refractivity contribution in [3.63, 3.8) is 0 Å². The summed E-state index contributed by atoms with van der Waals surface area (Å²) in [6.45, 7) is 1.52. The lowest BCUT2D eigenvalue weighted by atomic mass is 10.1. The van der Waals surface area contributed by atoms with Crippen molar-refractivity contribution in [1.29, 1.82) is 0 Å². The van der Waals surface area contributed by atoms with Gasteiger partial charge in [0, 0.05) is 12.3 Å². The second-order valence-electron chi connectivity index (χ2n) is 7.36. The van der Waals surface area contributed by atoms with Crippen LogP contribution in [-0.4, -0.2) is 26.6 Å². The van der Waals surface area contributed by atoms with Crippen LogP contribution < -0.4 is 4.90 Å². The van der Waals surface area contributed by atoms with Gasteiger partial charge in [-0.3, -0.25) is 9.59 Å². The number of amides is 2. The van der Waals surface area contributed by atoms with Crippen molar-refractivity contribution in [2.45, 2.75) is 13.1 Å². The third kappa shape index (κ3) is 3.15. The predicted octanol–water partition coefficient (Wildman–Crippen LogP) is 4.83. The number of alkyl halides is 3. The summed E-state index contributed by atoms with van der Waals surface area (Å²) in [5, 5.41) is 4.37. The smallest absolute Gasteiger partial charge is 0.268 e. The number of hydrogen-bond acceptors (Lipinski definition) is 4. The summed E-state index contributed by atoms with van der Waals surface area (Å²) < 4.78 is 68.0. The van der Waals surface area contributed by atoms with Gasteiger partial charge in [0.05, 0.1) is 39.1 Å². The molecule has 0 spiro atoms. The highest BCUT2D eigenvalue weighted by molar-refractivity contribution is 6.37. The van der Waals surface area contributed by atoms with E-state index >= 15 is 0 Å². The summed E-state index contributed by atoms with van der Waals surface area (Å²) >= 11 is 0. The summed E-state index contributed by atoms with van der Waals surface area (Å²) in [7, 11) is 0. The Bertz CT molecular complexity index is 1470. The lowest BCUT2D eigenvalue weighted by molar-refractivity contribution is -0.137. The molecule has 0 fully saturated rings. The summed E-state index contributed by atoms with van der Waals surface area (Å²) in [6.07, 6.45) is -3.57. The third-order valence-corrected chi connectivity index (χ3v) is 5.25. The maximum Gasteiger partial charge on any atom is 0.416 e. The molecule has 2 aromatic carbocycles. The topological polar surface area (TPSA) is 68.1 Å². The number of fused-ring (bicyclic) bond motifs is 3. The molecule has 0 N–H and O–H groups in total. The van der Waals surface area contributed by atoms with E-state index in [1.165, 1.54) is 13.0 Å². The quantitative estimate of drug-likeness (QED) is 0.319. The predicted molar refractivity (Wildman–Crippen MR) is 106 cm³/mol. The number of aromatic nitrogens is 3. The van der Waals surface area contributed by atoms with Gasteiger partial charge in [-0.25, -0.2) is 23.3 Å². The number of hydrogen-bond donors (Lipinski definition) is 0. The Morgan fingerprint density at radius 3 is 2.27 bits per heavy atom.